The van der Waals surface area contributed by atoms with E-state index in [1.807, 2.05) is 11.0 Å². The number of para-hydroxylation sites is 1. The highest BCUT2D eigenvalue weighted by Crippen LogP contribution is 2.27. The minimum Gasteiger partial charge on any atom is -0.393 e. The molecule has 0 radical (unpaired) electrons. The van der Waals surface area contributed by atoms with Crippen LogP contribution in [0.1, 0.15) is 0 Å². The highest BCUT2D eigenvalue weighted by molar-refractivity contribution is 5.70. The predicted octanol–water partition coefficient (Wildman–Crippen LogP) is 1.71. The Bertz CT molecular complexity index is 857. The van der Waals surface area contributed by atoms with Crippen LogP contribution >= 0.6 is 0 Å². The summed E-state index contributed by atoms with van der Waals surface area (Å²) in [5.74, 6) is 1.12. The van der Waals surface area contributed by atoms with Crippen LogP contribution in [0.2, 0.25) is 0 Å². The van der Waals surface area contributed by atoms with E-state index in [9.17, 15) is 4.39 Å². The van der Waals surface area contributed by atoms with Crippen molar-refractivity contribution < 1.29 is 4.39 Å². The number of anilines is 3. The van der Waals surface area contributed by atoms with E-state index in [-0.39, 0.29) is 5.82 Å². The summed E-state index contributed by atoms with van der Waals surface area (Å²) in [5, 5.41) is 0. The molecule has 0 spiro atoms. The zero-order valence-electron chi connectivity index (χ0n) is 13.6. The minimum absolute atomic E-state index is 0.195. The number of nitrogen functional groups attached to an aromatic ring is 1. The van der Waals surface area contributed by atoms with Crippen molar-refractivity contribution >= 4 is 17.2 Å². The molecule has 4 rings (SSSR count). The Kier molecular flexibility index (Phi) is 3.93. The maximum atomic E-state index is 14.0. The van der Waals surface area contributed by atoms with Gasteiger partial charge in [0.15, 0.2) is 11.6 Å². The fraction of sp³-hybridized carbons (Fsp3) is 0.235. The van der Waals surface area contributed by atoms with E-state index in [4.69, 9.17) is 5.73 Å². The van der Waals surface area contributed by atoms with E-state index in [1.54, 1.807) is 35.4 Å². The molecule has 1 aliphatic heterocycles. The molecule has 1 saturated heterocycles. The Hall–Kier alpha value is -3.16. The number of nitrogens with zero attached hydrogens (tertiary/aromatic N) is 6. The van der Waals surface area contributed by atoms with Crippen molar-refractivity contribution in [3.8, 4) is 5.82 Å². The van der Waals surface area contributed by atoms with Gasteiger partial charge in [-0.3, -0.25) is 4.57 Å². The first-order chi connectivity index (χ1) is 12.2. The van der Waals surface area contributed by atoms with Gasteiger partial charge in [0.25, 0.3) is 0 Å². The lowest BCUT2D eigenvalue weighted by Gasteiger charge is -2.37. The zero-order chi connectivity index (χ0) is 17.2. The van der Waals surface area contributed by atoms with Gasteiger partial charge in [0.1, 0.15) is 24.2 Å². The molecule has 0 unspecified atom stereocenters. The number of halogens is 1. The van der Waals surface area contributed by atoms with E-state index >= 15 is 0 Å². The molecular formula is C17H18FN7. The molecule has 7 nitrogen and oxygen atoms in total. The molecule has 3 aromatic rings. The normalized spacial score (nSPS) is 14.8. The first-order valence-electron chi connectivity index (χ1n) is 8.07. The number of imidazole rings is 1. The molecule has 8 heteroatoms. The molecule has 0 atom stereocenters. The van der Waals surface area contributed by atoms with Crippen molar-refractivity contribution in [3.05, 3.63) is 55.1 Å². The number of nitrogens with two attached hydrogens (primary N) is 1. The third-order valence-corrected chi connectivity index (χ3v) is 4.36. The summed E-state index contributed by atoms with van der Waals surface area (Å²) in [7, 11) is 0. The zero-order valence-corrected chi connectivity index (χ0v) is 13.6. The van der Waals surface area contributed by atoms with Crippen LogP contribution in [0.3, 0.4) is 0 Å². The highest BCUT2D eigenvalue weighted by atomic mass is 19.1. The van der Waals surface area contributed by atoms with Crippen LogP contribution in [-0.4, -0.2) is 45.7 Å². The third-order valence-electron chi connectivity index (χ3n) is 4.36. The van der Waals surface area contributed by atoms with Gasteiger partial charge in [-0.15, -0.1) is 0 Å². The minimum atomic E-state index is -0.195. The Morgan fingerprint density at radius 2 is 1.68 bits per heavy atom. The molecule has 0 aliphatic carbocycles. The average Bonchev–Trinajstić information content (AvgIpc) is 3.17. The Morgan fingerprint density at radius 1 is 0.960 bits per heavy atom. The maximum absolute atomic E-state index is 14.0. The van der Waals surface area contributed by atoms with Crippen molar-refractivity contribution in [3.63, 3.8) is 0 Å². The van der Waals surface area contributed by atoms with Gasteiger partial charge in [-0.25, -0.2) is 19.3 Å². The van der Waals surface area contributed by atoms with E-state index in [0.717, 1.165) is 0 Å². The Labute approximate surface area is 144 Å². The standard InChI is InChI=1S/C17H18FN7/c18-13-3-1-2-4-14(13)23-7-9-24(10-8-23)16-15(19)17(22-11-21-16)25-6-5-20-12-25/h1-6,11-12H,7-10,19H2. The average molecular weight is 339 g/mol. The first kappa shape index (κ1) is 15.4. The summed E-state index contributed by atoms with van der Waals surface area (Å²) in [6, 6.07) is 6.85. The fourth-order valence-electron chi connectivity index (χ4n) is 3.09. The molecular weight excluding hydrogens is 321 g/mol. The summed E-state index contributed by atoms with van der Waals surface area (Å²) >= 11 is 0. The van der Waals surface area contributed by atoms with Crippen LogP contribution in [0.4, 0.5) is 21.6 Å². The van der Waals surface area contributed by atoms with Crippen molar-refractivity contribution in [2.24, 2.45) is 0 Å². The van der Waals surface area contributed by atoms with Crippen molar-refractivity contribution in [2.45, 2.75) is 0 Å². The maximum Gasteiger partial charge on any atom is 0.166 e. The lowest BCUT2D eigenvalue weighted by molar-refractivity contribution is 0.596. The van der Waals surface area contributed by atoms with Gasteiger partial charge in [0, 0.05) is 38.6 Å². The predicted molar refractivity (Wildman–Crippen MR) is 94.4 cm³/mol. The summed E-state index contributed by atoms with van der Waals surface area (Å²) < 4.78 is 15.7. The van der Waals surface area contributed by atoms with Crippen LogP contribution in [0.25, 0.3) is 5.82 Å². The topological polar surface area (TPSA) is 76.1 Å². The Balaban J connectivity index is 1.54. The number of rotatable bonds is 3. The van der Waals surface area contributed by atoms with Crippen LogP contribution in [0, 0.1) is 5.82 Å². The van der Waals surface area contributed by atoms with Gasteiger partial charge in [-0.1, -0.05) is 12.1 Å². The molecule has 1 fully saturated rings. The van der Waals surface area contributed by atoms with E-state index < -0.39 is 0 Å². The number of aromatic nitrogens is 4. The Morgan fingerprint density at radius 3 is 2.40 bits per heavy atom. The molecule has 128 valence electrons. The van der Waals surface area contributed by atoms with Crippen LogP contribution < -0.4 is 15.5 Å². The first-order valence-corrected chi connectivity index (χ1v) is 8.07. The van der Waals surface area contributed by atoms with Crippen LogP contribution in [0.15, 0.2) is 49.3 Å². The summed E-state index contributed by atoms with van der Waals surface area (Å²) in [4.78, 5) is 16.8. The molecule has 0 amide bonds. The second-order valence-corrected chi connectivity index (χ2v) is 5.83. The molecule has 1 aromatic carbocycles. The largest absolute Gasteiger partial charge is 0.393 e. The van der Waals surface area contributed by atoms with Gasteiger partial charge >= 0.3 is 0 Å². The third kappa shape index (κ3) is 2.86. The molecule has 2 aromatic heterocycles. The molecule has 0 saturated carbocycles. The van der Waals surface area contributed by atoms with Crippen molar-refractivity contribution in [1.82, 2.24) is 19.5 Å². The number of hydrogen-bond acceptors (Lipinski definition) is 6. The van der Waals surface area contributed by atoms with Crippen molar-refractivity contribution in [1.29, 1.82) is 0 Å². The summed E-state index contributed by atoms with van der Waals surface area (Å²) in [5.41, 5.74) is 7.44. The van der Waals surface area contributed by atoms with E-state index in [1.165, 1.54) is 12.4 Å². The van der Waals surface area contributed by atoms with E-state index in [0.29, 0.717) is 49.2 Å². The summed E-state index contributed by atoms with van der Waals surface area (Å²) in [6.07, 6.45) is 6.62. The van der Waals surface area contributed by atoms with Gasteiger partial charge in [-0.2, -0.15) is 0 Å². The summed E-state index contributed by atoms with van der Waals surface area (Å²) in [6.45, 7) is 2.81. The van der Waals surface area contributed by atoms with Gasteiger partial charge < -0.3 is 15.5 Å². The van der Waals surface area contributed by atoms with Gasteiger partial charge in [-0.05, 0) is 12.1 Å². The lowest BCUT2D eigenvalue weighted by atomic mass is 10.2. The van der Waals surface area contributed by atoms with Gasteiger partial charge in [0.05, 0.1) is 5.69 Å². The molecule has 0 bridgehead atoms. The highest BCUT2D eigenvalue weighted by Gasteiger charge is 2.23. The molecule has 2 N–H and O–H groups in total. The molecule has 3 heterocycles. The SMILES string of the molecule is Nc1c(N2CCN(c3ccccc3F)CC2)ncnc1-n1ccnc1. The lowest BCUT2D eigenvalue weighted by Crippen LogP contribution is -2.47. The number of piperazine rings is 1. The van der Waals surface area contributed by atoms with Crippen LogP contribution in [0.5, 0.6) is 0 Å². The number of benzene rings is 1. The second-order valence-electron chi connectivity index (χ2n) is 5.83. The number of hydrogen-bond donors (Lipinski definition) is 1. The second kappa shape index (κ2) is 6.39. The van der Waals surface area contributed by atoms with Crippen LogP contribution in [-0.2, 0) is 0 Å². The van der Waals surface area contributed by atoms with E-state index in [2.05, 4.69) is 19.9 Å². The smallest absolute Gasteiger partial charge is 0.166 e. The molecule has 1 aliphatic rings. The van der Waals surface area contributed by atoms with Crippen molar-refractivity contribution in [2.75, 3.05) is 41.7 Å². The molecule has 25 heavy (non-hydrogen) atoms. The fourth-order valence-corrected chi connectivity index (χ4v) is 3.09. The monoisotopic (exact) mass is 339 g/mol. The van der Waals surface area contributed by atoms with Gasteiger partial charge in [0.2, 0.25) is 0 Å². The quantitative estimate of drug-likeness (QED) is 0.783.